The fraction of sp³-hybridized carbons (Fsp3) is 0.647. The summed E-state index contributed by atoms with van der Waals surface area (Å²) in [7, 11) is -3.86. The Kier molecular flexibility index (Phi) is 10.9. The van der Waals surface area contributed by atoms with Crippen molar-refractivity contribution in [3.05, 3.63) is 29.8 Å². The van der Waals surface area contributed by atoms with Crippen molar-refractivity contribution in [3.63, 3.8) is 0 Å². The number of hydrogen-bond donors (Lipinski definition) is 0. The van der Waals surface area contributed by atoms with Gasteiger partial charge < -0.3 is 22.3 Å². The van der Waals surface area contributed by atoms with Gasteiger partial charge in [0.25, 0.3) is 0 Å². The van der Waals surface area contributed by atoms with E-state index in [1.54, 1.807) is 0 Å². The van der Waals surface area contributed by atoms with E-state index in [4.69, 9.17) is 22.3 Å². The standard InChI is InChI=1S/C17H31O5PSi/c1-6-18-23(19-7-2)17-14-12-11-13-16(17)15-24(20-8-3,21-9-4)22-10-5/h11-14H,6-10,15H2,1-5H3. The third-order valence-corrected chi connectivity index (χ3v) is 8.00. The van der Waals surface area contributed by atoms with Gasteiger partial charge in [0.2, 0.25) is 8.38 Å². The molecule has 1 rings (SSSR count). The molecule has 0 bridgehead atoms. The summed E-state index contributed by atoms with van der Waals surface area (Å²) < 4.78 is 29.6. The van der Waals surface area contributed by atoms with E-state index in [1.807, 2.05) is 46.8 Å². The van der Waals surface area contributed by atoms with Gasteiger partial charge in [-0.25, -0.2) is 0 Å². The normalized spacial score (nSPS) is 12.1. The maximum Gasteiger partial charge on any atom is 0.505 e. The van der Waals surface area contributed by atoms with Crippen molar-refractivity contribution in [1.29, 1.82) is 0 Å². The summed E-state index contributed by atoms with van der Waals surface area (Å²) in [6.07, 6.45) is 0. The lowest BCUT2D eigenvalue weighted by atomic mass is 10.2. The van der Waals surface area contributed by atoms with Gasteiger partial charge in [0.15, 0.2) is 0 Å². The molecule has 0 amide bonds. The lowest BCUT2D eigenvalue weighted by Crippen LogP contribution is -2.49. The molecule has 0 atom stereocenters. The summed E-state index contributed by atoms with van der Waals surface area (Å²) in [6, 6.07) is 8.80. The van der Waals surface area contributed by atoms with Crippen LogP contribution in [0.5, 0.6) is 0 Å². The predicted molar refractivity (Wildman–Crippen MR) is 101 cm³/mol. The first-order chi connectivity index (χ1) is 11.7. The molecule has 0 saturated carbocycles. The Morgan fingerprint density at radius 1 is 0.750 bits per heavy atom. The van der Waals surface area contributed by atoms with Crippen LogP contribution in [0.1, 0.15) is 40.2 Å². The van der Waals surface area contributed by atoms with Crippen LogP contribution in [-0.4, -0.2) is 41.8 Å². The van der Waals surface area contributed by atoms with E-state index in [-0.39, 0.29) is 0 Å². The fourth-order valence-corrected chi connectivity index (χ4v) is 6.64. The van der Waals surface area contributed by atoms with Crippen molar-refractivity contribution in [2.75, 3.05) is 33.0 Å². The van der Waals surface area contributed by atoms with Crippen LogP contribution in [0.2, 0.25) is 0 Å². The highest BCUT2D eigenvalue weighted by Gasteiger charge is 2.41. The second-order valence-corrected chi connectivity index (χ2v) is 8.98. The van der Waals surface area contributed by atoms with Crippen molar-refractivity contribution in [2.45, 2.75) is 40.7 Å². The summed E-state index contributed by atoms with van der Waals surface area (Å²) in [5.74, 6) is 0. The highest BCUT2D eigenvalue weighted by atomic mass is 31.2. The molecule has 0 saturated heterocycles. The van der Waals surface area contributed by atoms with Gasteiger partial charge >= 0.3 is 8.80 Å². The molecular formula is C17H31O5PSi. The molecule has 0 unspecified atom stereocenters. The van der Waals surface area contributed by atoms with Crippen molar-refractivity contribution < 1.29 is 22.3 Å². The Hall–Kier alpha value is -0.333. The second kappa shape index (κ2) is 12.1. The summed E-state index contributed by atoms with van der Waals surface area (Å²) in [5, 5.41) is 1.08. The van der Waals surface area contributed by atoms with Crippen LogP contribution >= 0.6 is 8.38 Å². The zero-order chi connectivity index (χ0) is 17.8. The van der Waals surface area contributed by atoms with Gasteiger partial charge in [-0.3, -0.25) is 0 Å². The third kappa shape index (κ3) is 6.52. The Labute approximate surface area is 148 Å². The van der Waals surface area contributed by atoms with Crippen LogP contribution in [0, 0.1) is 0 Å². The molecule has 0 aliphatic carbocycles. The van der Waals surface area contributed by atoms with Gasteiger partial charge in [-0.1, -0.05) is 18.2 Å². The van der Waals surface area contributed by atoms with Gasteiger partial charge in [0.05, 0.1) is 13.2 Å². The Bertz CT molecular complexity index is 437. The minimum Gasteiger partial charge on any atom is -0.374 e. The Morgan fingerprint density at radius 3 is 1.71 bits per heavy atom. The number of benzene rings is 1. The first kappa shape index (κ1) is 21.7. The van der Waals surface area contributed by atoms with Crippen LogP contribution in [0.15, 0.2) is 24.3 Å². The highest BCUT2D eigenvalue weighted by Crippen LogP contribution is 2.38. The van der Waals surface area contributed by atoms with Gasteiger partial charge in [0, 0.05) is 31.2 Å². The molecule has 24 heavy (non-hydrogen) atoms. The lowest BCUT2D eigenvalue weighted by molar-refractivity contribution is 0.0704. The average Bonchev–Trinajstić information content (AvgIpc) is 2.56. The van der Waals surface area contributed by atoms with Crippen LogP contribution in [0.3, 0.4) is 0 Å². The zero-order valence-electron chi connectivity index (χ0n) is 15.5. The molecule has 0 aliphatic rings. The molecule has 138 valence electrons. The molecule has 0 aliphatic heterocycles. The maximum absolute atomic E-state index is 5.99. The monoisotopic (exact) mass is 374 g/mol. The van der Waals surface area contributed by atoms with Crippen LogP contribution in [0.4, 0.5) is 0 Å². The molecular weight excluding hydrogens is 343 g/mol. The number of hydrogen-bond acceptors (Lipinski definition) is 5. The lowest BCUT2D eigenvalue weighted by Gasteiger charge is -2.29. The summed E-state index contributed by atoms with van der Waals surface area (Å²) in [6.45, 7) is 12.8. The topological polar surface area (TPSA) is 46.2 Å². The minimum atomic E-state index is -2.76. The molecule has 0 spiro atoms. The first-order valence-corrected chi connectivity index (χ1v) is 11.8. The molecule has 0 fully saturated rings. The summed E-state index contributed by atoms with van der Waals surface area (Å²) >= 11 is 0. The van der Waals surface area contributed by atoms with E-state index in [0.29, 0.717) is 39.1 Å². The van der Waals surface area contributed by atoms with E-state index in [0.717, 1.165) is 10.9 Å². The van der Waals surface area contributed by atoms with E-state index < -0.39 is 17.2 Å². The van der Waals surface area contributed by atoms with Crippen LogP contribution < -0.4 is 5.30 Å². The van der Waals surface area contributed by atoms with E-state index in [9.17, 15) is 0 Å². The molecule has 0 heterocycles. The van der Waals surface area contributed by atoms with Crippen LogP contribution in [0.25, 0.3) is 0 Å². The van der Waals surface area contributed by atoms with Crippen LogP contribution in [-0.2, 0) is 28.4 Å². The van der Waals surface area contributed by atoms with Gasteiger partial charge in [0.1, 0.15) is 0 Å². The Balaban J connectivity index is 3.13. The third-order valence-electron chi connectivity index (χ3n) is 3.18. The van der Waals surface area contributed by atoms with Gasteiger partial charge in [-0.15, -0.1) is 0 Å². The zero-order valence-corrected chi connectivity index (χ0v) is 17.4. The molecule has 1 aromatic carbocycles. The Morgan fingerprint density at radius 2 is 1.25 bits per heavy atom. The average molecular weight is 374 g/mol. The smallest absolute Gasteiger partial charge is 0.374 e. The molecule has 7 heteroatoms. The molecule has 0 radical (unpaired) electrons. The maximum atomic E-state index is 5.99. The predicted octanol–water partition coefficient (Wildman–Crippen LogP) is 3.83. The molecule has 0 aromatic heterocycles. The number of rotatable bonds is 13. The van der Waals surface area contributed by atoms with Gasteiger partial charge in [-0.05, 0) is 46.2 Å². The summed E-state index contributed by atoms with van der Waals surface area (Å²) in [5.41, 5.74) is 1.12. The molecule has 0 N–H and O–H groups in total. The van der Waals surface area contributed by atoms with Crippen molar-refractivity contribution in [3.8, 4) is 0 Å². The second-order valence-electron chi connectivity index (χ2n) is 4.88. The van der Waals surface area contributed by atoms with Crippen molar-refractivity contribution >= 4 is 22.5 Å². The quantitative estimate of drug-likeness (QED) is 0.388. The summed E-state index contributed by atoms with van der Waals surface area (Å²) in [4.78, 5) is 0. The largest absolute Gasteiger partial charge is 0.505 e. The van der Waals surface area contributed by atoms with Crippen molar-refractivity contribution in [2.24, 2.45) is 0 Å². The molecule has 1 aromatic rings. The van der Waals surface area contributed by atoms with E-state index in [2.05, 4.69) is 12.1 Å². The van der Waals surface area contributed by atoms with E-state index in [1.165, 1.54) is 0 Å². The first-order valence-electron chi connectivity index (χ1n) is 8.71. The highest BCUT2D eigenvalue weighted by molar-refractivity contribution is 7.56. The SMILES string of the molecule is CCOP(OCC)c1ccccc1C[Si](OCC)(OCC)OCC. The van der Waals surface area contributed by atoms with E-state index >= 15 is 0 Å². The van der Waals surface area contributed by atoms with Gasteiger partial charge in [-0.2, -0.15) is 0 Å². The fourth-order valence-electron chi connectivity index (χ4n) is 2.42. The molecule has 5 nitrogen and oxygen atoms in total. The minimum absolute atomic E-state index is 0.570. The van der Waals surface area contributed by atoms with Crippen molar-refractivity contribution in [1.82, 2.24) is 0 Å².